The lowest BCUT2D eigenvalue weighted by Crippen LogP contribution is -2.47. The van der Waals surface area contributed by atoms with E-state index in [2.05, 4.69) is 41.0 Å². The molecule has 1 aromatic heterocycles. The minimum Gasteiger partial charge on any atom is -0.467 e. The number of furan rings is 1. The number of aryl methyl sites for hydroxylation is 1. The average Bonchev–Trinajstić information content (AvgIpc) is 3.37. The topological polar surface area (TPSA) is 39.9 Å². The highest BCUT2D eigenvalue weighted by Gasteiger charge is 2.31. The minimum atomic E-state index is 0.130. The zero-order valence-corrected chi connectivity index (χ0v) is 16.1. The van der Waals surface area contributed by atoms with Gasteiger partial charge in [0.2, 0.25) is 5.91 Å². The molecule has 2 saturated heterocycles. The van der Waals surface area contributed by atoms with Gasteiger partial charge in [0.25, 0.3) is 0 Å². The average molecular weight is 367 g/mol. The molecule has 2 fully saturated rings. The van der Waals surface area contributed by atoms with Gasteiger partial charge in [-0.1, -0.05) is 12.1 Å². The summed E-state index contributed by atoms with van der Waals surface area (Å²) in [7, 11) is 0. The van der Waals surface area contributed by atoms with Gasteiger partial charge >= 0.3 is 0 Å². The minimum absolute atomic E-state index is 0.130. The third kappa shape index (κ3) is 4.19. The molecule has 0 spiro atoms. The van der Waals surface area contributed by atoms with Gasteiger partial charge in [0, 0.05) is 51.4 Å². The maximum absolute atomic E-state index is 12.8. The maximum Gasteiger partial charge on any atom is 0.224 e. The van der Waals surface area contributed by atoms with E-state index >= 15 is 0 Å². The Hall–Kier alpha value is -2.27. The van der Waals surface area contributed by atoms with E-state index in [9.17, 15) is 4.79 Å². The summed E-state index contributed by atoms with van der Waals surface area (Å²) in [5.74, 6) is 1.18. The van der Waals surface area contributed by atoms with Crippen LogP contribution in [0.2, 0.25) is 0 Å². The van der Waals surface area contributed by atoms with Crippen LogP contribution in [0.4, 0.5) is 5.69 Å². The third-order valence-corrected chi connectivity index (χ3v) is 5.83. The number of rotatable bonds is 5. The molecule has 0 saturated carbocycles. The summed E-state index contributed by atoms with van der Waals surface area (Å²) in [6, 6.07) is 12.7. The van der Waals surface area contributed by atoms with Crippen LogP contribution in [0.1, 0.15) is 36.6 Å². The Kier molecular flexibility index (Phi) is 5.48. The summed E-state index contributed by atoms with van der Waals surface area (Å²) < 4.78 is 5.54. The Morgan fingerprint density at radius 3 is 2.70 bits per heavy atom. The van der Waals surface area contributed by atoms with Crippen LogP contribution in [0.3, 0.4) is 0 Å². The highest BCUT2D eigenvalue weighted by atomic mass is 16.3. The largest absolute Gasteiger partial charge is 0.467 e. The van der Waals surface area contributed by atoms with E-state index in [1.54, 1.807) is 6.26 Å². The molecular weight excluding hydrogens is 338 g/mol. The number of anilines is 1. The molecule has 4 rings (SSSR count). The molecule has 27 heavy (non-hydrogen) atoms. The van der Waals surface area contributed by atoms with Crippen molar-refractivity contribution in [2.45, 2.75) is 32.2 Å². The quantitative estimate of drug-likeness (QED) is 0.811. The summed E-state index contributed by atoms with van der Waals surface area (Å²) >= 11 is 0. The molecule has 0 unspecified atom stereocenters. The molecular formula is C22H29N3O2. The normalized spacial score (nSPS) is 21.0. The van der Waals surface area contributed by atoms with Gasteiger partial charge in [-0.3, -0.25) is 9.69 Å². The van der Waals surface area contributed by atoms with Crippen molar-refractivity contribution in [2.24, 2.45) is 0 Å². The van der Waals surface area contributed by atoms with E-state index in [0.29, 0.717) is 6.42 Å². The van der Waals surface area contributed by atoms with Crippen LogP contribution in [-0.4, -0.2) is 55.0 Å². The fourth-order valence-corrected chi connectivity index (χ4v) is 4.29. The van der Waals surface area contributed by atoms with E-state index in [0.717, 1.165) is 57.9 Å². The Bertz CT molecular complexity index is 751. The van der Waals surface area contributed by atoms with Gasteiger partial charge in [0.05, 0.1) is 12.3 Å². The van der Waals surface area contributed by atoms with E-state index < -0.39 is 0 Å². The van der Waals surface area contributed by atoms with Crippen molar-refractivity contribution in [1.29, 1.82) is 0 Å². The number of nitrogens with zero attached hydrogens (tertiary/aromatic N) is 3. The van der Waals surface area contributed by atoms with Gasteiger partial charge in [-0.25, -0.2) is 0 Å². The number of likely N-dealkylation sites (tertiary alicyclic amines) is 1. The first kappa shape index (κ1) is 18.1. The fourth-order valence-electron chi connectivity index (χ4n) is 4.29. The van der Waals surface area contributed by atoms with Gasteiger partial charge in [-0.15, -0.1) is 0 Å². The molecule has 0 N–H and O–H groups in total. The van der Waals surface area contributed by atoms with E-state index in [4.69, 9.17) is 4.42 Å². The number of carbonyl (C=O) groups excluding carboxylic acids is 1. The first-order valence-electron chi connectivity index (χ1n) is 10.1. The molecule has 3 heterocycles. The molecule has 0 bridgehead atoms. The zero-order valence-electron chi connectivity index (χ0n) is 16.1. The molecule has 0 radical (unpaired) electrons. The SMILES string of the molecule is Cc1cccc(N2CCN(CCC(=O)N3CCC[C@H]3c3ccco3)CC2)c1. The Balaban J connectivity index is 1.26. The zero-order chi connectivity index (χ0) is 18.6. The summed E-state index contributed by atoms with van der Waals surface area (Å²) in [6.45, 7) is 7.92. The molecule has 1 atom stereocenters. The maximum atomic E-state index is 12.8. The van der Waals surface area contributed by atoms with Crippen LogP contribution in [0, 0.1) is 6.92 Å². The van der Waals surface area contributed by atoms with Crippen LogP contribution in [0.15, 0.2) is 47.1 Å². The van der Waals surface area contributed by atoms with Crippen molar-refractivity contribution in [3.63, 3.8) is 0 Å². The highest BCUT2D eigenvalue weighted by Crippen LogP contribution is 2.32. The van der Waals surface area contributed by atoms with Crippen molar-refractivity contribution in [1.82, 2.24) is 9.80 Å². The molecule has 1 amide bonds. The lowest BCUT2D eigenvalue weighted by Gasteiger charge is -2.36. The van der Waals surface area contributed by atoms with Gasteiger partial charge < -0.3 is 14.2 Å². The predicted octanol–water partition coefficient (Wildman–Crippen LogP) is 3.46. The van der Waals surface area contributed by atoms with Crippen molar-refractivity contribution >= 4 is 11.6 Å². The van der Waals surface area contributed by atoms with Gasteiger partial charge in [0.15, 0.2) is 0 Å². The number of carbonyl (C=O) groups is 1. The molecule has 2 aromatic rings. The number of hydrogen-bond acceptors (Lipinski definition) is 4. The number of piperazine rings is 1. The van der Waals surface area contributed by atoms with Crippen LogP contribution in [-0.2, 0) is 4.79 Å². The standard InChI is InChI=1S/C22H29N3O2/c1-18-5-2-6-19(17-18)24-14-12-23(13-15-24)11-9-22(26)25-10-3-7-20(25)21-8-4-16-27-21/h2,4-6,8,16-17,20H,3,7,9-15H2,1H3/t20-/m0/s1. The molecule has 1 aromatic carbocycles. The predicted molar refractivity (Wildman–Crippen MR) is 107 cm³/mol. The van der Waals surface area contributed by atoms with E-state index in [1.807, 2.05) is 17.0 Å². The fraction of sp³-hybridized carbons (Fsp3) is 0.500. The van der Waals surface area contributed by atoms with Gasteiger partial charge in [-0.05, 0) is 49.6 Å². The molecule has 2 aliphatic heterocycles. The monoisotopic (exact) mass is 367 g/mol. The van der Waals surface area contributed by atoms with E-state index in [1.165, 1.54) is 11.3 Å². The first-order valence-corrected chi connectivity index (χ1v) is 10.1. The van der Waals surface area contributed by atoms with Gasteiger partial charge in [0.1, 0.15) is 5.76 Å². The van der Waals surface area contributed by atoms with Crippen molar-refractivity contribution < 1.29 is 9.21 Å². The van der Waals surface area contributed by atoms with Crippen LogP contribution >= 0.6 is 0 Å². The summed E-state index contributed by atoms with van der Waals surface area (Å²) in [5, 5.41) is 0. The lowest BCUT2D eigenvalue weighted by atomic mass is 10.1. The smallest absolute Gasteiger partial charge is 0.224 e. The van der Waals surface area contributed by atoms with Crippen LogP contribution < -0.4 is 4.90 Å². The summed E-state index contributed by atoms with van der Waals surface area (Å²) in [4.78, 5) is 19.6. The summed E-state index contributed by atoms with van der Waals surface area (Å²) in [5.41, 5.74) is 2.61. The highest BCUT2D eigenvalue weighted by molar-refractivity contribution is 5.77. The number of benzene rings is 1. The number of hydrogen-bond donors (Lipinski definition) is 0. The summed E-state index contributed by atoms with van der Waals surface area (Å²) in [6.07, 6.45) is 4.37. The second-order valence-corrected chi connectivity index (χ2v) is 7.68. The molecule has 144 valence electrons. The van der Waals surface area contributed by atoms with Crippen molar-refractivity contribution in [2.75, 3.05) is 44.2 Å². The molecule has 2 aliphatic rings. The Morgan fingerprint density at radius 1 is 1.11 bits per heavy atom. The number of amides is 1. The second-order valence-electron chi connectivity index (χ2n) is 7.68. The lowest BCUT2D eigenvalue weighted by molar-refractivity contribution is -0.132. The van der Waals surface area contributed by atoms with Crippen molar-refractivity contribution in [3.05, 3.63) is 54.0 Å². The molecule has 0 aliphatic carbocycles. The third-order valence-electron chi connectivity index (χ3n) is 5.83. The van der Waals surface area contributed by atoms with Crippen molar-refractivity contribution in [3.8, 4) is 0 Å². The molecule has 5 heteroatoms. The molecule has 5 nitrogen and oxygen atoms in total. The van der Waals surface area contributed by atoms with Gasteiger partial charge in [-0.2, -0.15) is 0 Å². The van der Waals surface area contributed by atoms with Crippen LogP contribution in [0.5, 0.6) is 0 Å². The van der Waals surface area contributed by atoms with E-state index in [-0.39, 0.29) is 11.9 Å². The Labute approximate surface area is 161 Å². The van der Waals surface area contributed by atoms with Crippen LogP contribution in [0.25, 0.3) is 0 Å². The second kappa shape index (κ2) is 8.17. The first-order chi connectivity index (χ1) is 13.2. The Morgan fingerprint density at radius 2 is 1.96 bits per heavy atom.